The van der Waals surface area contributed by atoms with E-state index in [-0.39, 0.29) is 42.0 Å². The molecule has 0 aliphatic carbocycles. The van der Waals surface area contributed by atoms with Gasteiger partial charge < -0.3 is 4.74 Å². The first-order valence-corrected chi connectivity index (χ1v) is 10.5. The molecular formula is C14H18N2O6S2. The third-order valence-corrected chi connectivity index (χ3v) is 7.56. The van der Waals surface area contributed by atoms with Gasteiger partial charge in [-0.2, -0.15) is 4.31 Å². The lowest BCUT2D eigenvalue weighted by Gasteiger charge is -2.30. The molecule has 0 saturated carbocycles. The number of benzene rings is 1. The van der Waals surface area contributed by atoms with Gasteiger partial charge in [-0.15, -0.1) is 0 Å². The molecule has 132 valence electrons. The van der Waals surface area contributed by atoms with Crippen LogP contribution in [0.25, 0.3) is 0 Å². The molecule has 2 aliphatic rings. The second-order valence-electron chi connectivity index (χ2n) is 5.76. The fourth-order valence-corrected chi connectivity index (χ4v) is 5.74. The third-order valence-electron chi connectivity index (χ3n) is 3.99. The van der Waals surface area contributed by atoms with Crippen molar-refractivity contribution in [1.29, 1.82) is 0 Å². The molecule has 2 aliphatic heterocycles. The molecule has 2 saturated heterocycles. The number of hydrogen-bond donors (Lipinski definition) is 0. The average molecular weight is 374 g/mol. The van der Waals surface area contributed by atoms with E-state index in [0.29, 0.717) is 6.61 Å². The minimum absolute atomic E-state index is 0.0596. The number of morpholine rings is 1. The van der Waals surface area contributed by atoms with Gasteiger partial charge in [-0.25, -0.2) is 21.1 Å². The Morgan fingerprint density at radius 2 is 1.88 bits per heavy atom. The van der Waals surface area contributed by atoms with E-state index in [1.807, 2.05) is 0 Å². The number of sulfonamides is 2. The van der Waals surface area contributed by atoms with Crippen LogP contribution in [-0.2, 0) is 29.6 Å². The second kappa shape index (κ2) is 6.10. The summed E-state index contributed by atoms with van der Waals surface area (Å²) in [6.07, 6.45) is -0.242. The molecule has 3 rings (SSSR count). The normalized spacial score (nSPS) is 25.1. The predicted molar refractivity (Wildman–Crippen MR) is 86.5 cm³/mol. The zero-order valence-corrected chi connectivity index (χ0v) is 14.7. The van der Waals surface area contributed by atoms with E-state index in [9.17, 15) is 21.6 Å². The minimum atomic E-state index is -3.68. The Labute approximate surface area is 141 Å². The number of carbonyl (C=O) groups excluding carboxylic acids is 1. The highest BCUT2D eigenvalue weighted by Crippen LogP contribution is 2.27. The topological polar surface area (TPSA) is 101 Å². The first-order chi connectivity index (χ1) is 11.2. The molecule has 0 radical (unpaired) electrons. The Bertz CT molecular complexity index is 848. The van der Waals surface area contributed by atoms with Crippen molar-refractivity contribution in [3.63, 3.8) is 0 Å². The van der Waals surface area contributed by atoms with Crippen molar-refractivity contribution in [3.8, 4) is 0 Å². The van der Waals surface area contributed by atoms with Gasteiger partial charge in [0.15, 0.2) is 0 Å². The van der Waals surface area contributed by atoms with Crippen molar-refractivity contribution in [1.82, 2.24) is 4.31 Å². The molecule has 1 aromatic carbocycles. The number of ether oxygens (including phenoxy) is 1. The Kier molecular flexibility index (Phi) is 4.41. The Morgan fingerprint density at radius 3 is 2.42 bits per heavy atom. The molecule has 2 fully saturated rings. The average Bonchev–Trinajstić information content (AvgIpc) is 2.81. The van der Waals surface area contributed by atoms with E-state index in [0.717, 1.165) is 4.31 Å². The number of nitrogens with zero attached hydrogens (tertiary/aromatic N) is 2. The standard InChI is InChI=1S/C14H18N2O6S2/c1-11-10-15(7-8-22-11)24(20,21)13-4-2-12(3-5-13)16-14(17)6-9-23(16,18)19/h2-5,11H,6-10H2,1H3. The number of rotatable bonds is 3. The first-order valence-electron chi connectivity index (χ1n) is 7.49. The van der Waals surface area contributed by atoms with Crippen molar-refractivity contribution in [3.05, 3.63) is 24.3 Å². The number of carbonyl (C=O) groups is 1. The highest BCUT2D eigenvalue weighted by atomic mass is 32.2. The summed E-state index contributed by atoms with van der Waals surface area (Å²) in [6, 6.07) is 5.34. The molecule has 24 heavy (non-hydrogen) atoms. The van der Waals surface area contributed by atoms with Crippen LogP contribution in [0.4, 0.5) is 5.69 Å². The molecule has 1 unspecified atom stereocenters. The highest BCUT2D eigenvalue weighted by molar-refractivity contribution is 7.94. The molecule has 0 aromatic heterocycles. The Balaban J connectivity index is 1.88. The molecule has 0 spiro atoms. The third kappa shape index (κ3) is 3.06. The summed E-state index contributed by atoms with van der Waals surface area (Å²) in [7, 11) is -7.34. The minimum Gasteiger partial charge on any atom is -0.376 e. The van der Waals surface area contributed by atoms with E-state index in [1.165, 1.54) is 28.6 Å². The van der Waals surface area contributed by atoms with Gasteiger partial charge >= 0.3 is 0 Å². The maximum Gasteiger partial charge on any atom is 0.243 e. The van der Waals surface area contributed by atoms with Crippen LogP contribution in [0.15, 0.2) is 29.2 Å². The van der Waals surface area contributed by atoms with Crippen molar-refractivity contribution in [2.75, 3.05) is 29.8 Å². The molecule has 10 heteroatoms. The van der Waals surface area contributed by atoms with E-state index in [4.69, 9.17) is 4.74 Å². The lowest BCUT2D eigenvalue weighted by atomic mass is 10.3. The van der Waals surface area contributed by atoms with Gasteiger partial charge in [0.2, 0.25) is 26.0 Å². The molecular weight excluding hydrogens is 356 g/mol. The van der Waals surface area contributed by atoms with Crippen LogP contribution in [0.3, 0.4) is 0 Å². The fraction of sp³-hybridized carbons (Fsp3) is 0.500. The van der Waals surface area contributed by atoms with Crippen molar-refractivity contribution >= 4 is 31.6 Å². The van der Waals surface area contributed by atoms with Gasteiger partial charge in [0.05, 0.1) is 29.0 Å². The van der Waals surface area contributed by atoms with Crippen LogP contribution in [0.5, 0.6) is 0 Å². The molecule has 1 aromatic rings. The van der Waals surface area contributed by atoms with Crippen LogP contribution >= 0.6 is 0 Å². The SMILES string of the molecule is CC1CN(S(=O)(=O)c2ccc(N3C(=O)CCS3(=O)=O)cc2)CCO1. The van der Waals surface area contributed by atoms with E-state index in [1.54, 1.807) is 6.92 Å². The molecule has 8 nitrogen and oxygen atoms in total. The maximum atomic E-state index is 12.6. The number of hydrogen-bond acceptors (Lipinski definition) is 6. The molecule has 1 atom stereocenters. The van der Waals surface area contributed by atoms with Gasteiger partial charge in [-0.1, -0.05) is 0 Å². The lowest BCUT2D eigenvalue weighted by molar-refractivity contribution is -0.116. The van der Waals surface area contributed by atoms with Crippen molar-refractivity contribution in [2.45, 2.75) is 24.3 Å². The summed E-state index contributed by atoms with van der Waals surface area (Å²) >= 11 is 0. The molecule has 0 N–H and O–H groups in total. The largest absolute Gasteiger partial charge is 0.376 e. The second-order valence-corrected chi connectivity index (χ2v) is 9.64. The Morgan fingerprint density at radius 1 is 1.21 bits per heavy atom. The summed E-state index contributed by atoms with van der Waals surface area (Å²) in [5, 5.41) is 0. The Hall–Kier alpha value is -1.49. The van der Waals surface area contributed by atoms with Crippen LogP contribution in [0.1, 0.15) is 13.3 Å². The van der Waals surface area contributed by atoms with Crippen molar-refractivity contribution in [2.24, 2.45) is 0 Å². The monoisotopic (exact) mass is 374 g/mol. The molecule has 0 bridgehead atoms. The van der Waals surface area contributed by atoms with Crippen LogP contribution < -0.4 is 4.31 Å². The molecule has 2 heterocycles. The summed E-state index contributed by atoms with van der Waals surface area (Å²) in [4.78, 5) is 11.8. The van der Waals surface area contributed by atoms with Crippen molar-refractivity contribution < 1.29 is 26.4 Å². The first kappa shape index (κ1) is 17.3. The van der Waals surface area contributed by atoms with Gasteiger partial charge in [-0.05, 0) is 31.2 Å². The number of amides is 1. The predicted octanol–water partition coefficient (Wildman–Crippen LogP) is 0.163. The number of anilines is 1. The van der Waals surface area contributed by atoms with Gasteiger partial charge in [0, 0.05) is 19.5 Å². The zero-order chi connectivity index (χ0) is 17.5. The highest BCUT2D eigenvalue weighted by Gasteiger charge is 2.36. The van der Waals surface area contributed by atoms with E-state index < -0.39 is 26.0 Å². The lowest BCUT2D eigenvalue weighted by Crippen LogP contribution is -2.44. The summed E-state index contributed by atoms with van der Waals surface area (Å²) in [5.74, 6) is -0.731. The van der Waals surface area contributed by atoms with Gasteiger partial charge in [-0.3, -0.25) is 4.79 Å². The summed E-state index contributed by atoms with van der Waals surface area (Å²) < 4.78 is 56.5. The maximum absolute atomic E-state index is 12.6. The van der Waals surface area contributed by atoms with E-state index in [2.05, 4.69) is 0 Å². The van der Waals surface area contributed by atoms with E-state index >= 15 is 0 Å². The zero-order valence-electron chi connectivity index (χ0n) is 13.1. The summed E-state index contributed by atoms with van der Waals surface area (Å²) in [6.45, 7) is 2.67. The molecule has 1 amide bonds. The van der Waals surface area contributed by atoms with Crippen LogP contribution in [0.2, 0.25) is 0 Å². The van der Waals surface area contributed by atoms with Crippen LogP contribution in [-0.4, -0.2) is 58.6 Å². The smallest absolute Gasteiger partial charge is 0.243 e. The van der Waals surface area contributed by atoms with Crippen LogP contribution in [0, 0.1) is 0 Å². The fourth-order valence-electron chi connectivity index (χ4n) is 2.78. The quantitative estimate of drug-likeness (QED) is 0.747. The van der Waals surface area contributed by atoms with Gasteiger partial charge in [0.1, 0.15) is 0 Å². The van der Waals surface area contributed by atoms with Gasteiger partial charge in [0.25, 0.3) is 0 Å². The summed E-state index contributed by atoms with van der Waals surface area (Å²) in [5.41, 5.74) is 0.159.